The Morgan fingerprint density at radius 1 is 1.33 bits per heavy atom. The molecule has 1 saturated carbocycles. The zero-order valence-corrected chi connectivity index (χ0v) is 7.97. The van der Waals surface area contributed by atoms with Gasteiger partial charge in [0.05, 0.1) is 0 Å². The van der Waals surface area contributed by atoms with Crippen LogP contribution in [0, 0.1) is 11.8 Å². The van der Waals surface area contributed by atoms with Crippen molar-refractivity contribution in [1.82, 2.24) is 0 Å². The molecule has 0 N–H and O–H groups in total. The molecule has 0 nitrogen and oxygen atoms in total. The highest BCUT2D eigenvalue weighted by molar-refractivity contribution is 7.99. The summed E-state index contributed by atoms with van der Waals surface area (Å²) in [5.74, 6) is 4.19. The van der Waals surface area contributed by atoms with Crippen molar-refractivity contribution < 1.29 is 0 Å². The van der Waals surface area contributed by atoms with Crippen molar-refractivity contribution in [2.75, 3.05) is 5.75 Å². The second-order valence-corrected chi connectivity index (χ2v) is 4.96. The first kappa shape index (κ1) is 7.02. The third-order valence-electron chi connectivity index (χ3n) is 3.27. The second-order valence-electron chi connectivity index (χ2n) is 3.90. The number of rotatable bonds is 0. The van der Waals surface area contributed by atoms with E-state index in [9.17, 15) is 0 Å². The molecule has 3 atom stereocenters. The molecule has 1 aliphatic carbocycles. The Bertz CT molecular complexity index is 319. The van der Waals surface area contributed by atoms with Gasteiger partial charge >= 0.3 is 0 Å². The zero-order valence-electron chi connectivity index (χ0n) is 7.16. The lowest BCUT2D eigenvalue weighted by atomic mass is 10.1. The molecule has 0 saturated heterocycles. The molecule has 2 aliphatic rings. The Hall–Kier alpha value is -0.430. The molecule has 1 heterocycles. The minimum atomic E-state index is 0.905. The molecular formula is C11H12S. The highest BCUT2D eigenvalue weighted by atomic mass is 32.2. The number of hydrogen-bond acceptors (Lipinski definition) is 1. The Morgan fingerprint density at radius 3 is 3.08 bits per heavy atom. The molecular weight excluding hydrogens is 164 g/mol. The lowest BCUT2D eigenvalue weighted by Crippen LogP contribution is -1.95. The average molecular weight is 176 g/mol. The van der Waals surface area contributed by atoms with Crippen LogP contribution in [0.5, 0.6) is 0 Å². The zero-order chi connectivity index (χ0) is 8.13. The summed E-state index contributed by atoms with van der Waals surface area (Å²) in [4.78, 5) is 1.53. The van der Waals surface area contributed by atoms with Crippen LogP contribution in [0.25, 0.3) is 0 Å². The topological polar surface area (TPSA) is 0 Å². The minimum absolute atomic E-state index is 0.905. The molecule has 1 aromatic rings. The van der Waals surface area contributed by atoms with Crippen molar-refractivity contribution in [3.05, 3.63) is 29.8 Å². The van der Waals surface area contributed by atoms with Crippen LogP contribution in [0.2, 0.25) is 0 Å². The van der Waals surface area contributed by atoms with Gasteiger partial charge in [-0.1, -0.05) is 25.1 Å². The van der Waals surface area contributed by atoms with E-state index < -0.39 is 0 Å². The Morgan fingerprint density at radius 2 is 2.17 bits per heavy atom. The summed E-state index contributed by atoms with van der Waals surface area (Å²) in [6.07, 6.45) is 0. The lowest BCUT2D eigenvalue weighted by molar-refractivity contribution is 0.844. The summed E-state index contributed by atoms with van der Waals surface area (Å²) >= 11 is 2.04. The van der Waals surface area contributed by atoms with E-state index in [0.29, 0.717) is 0 Å². The Labute approximate surface area is 77.4 Å². The van der Waals surface area contributed by atoms with E-state index in [1.807, 2.05) is 11.8 Å². The summed E-state index contributed by atoms with van der Waals surface area (Å²) in [5, 5.41) is 0. The molecule has 12 heavy (non-hydrogen) atoms. The summed E-state index contributed by atoms with van der Waals surface area (Å²) in [5.41, 5.74) is 1.62. The summed E-state index contributed by atoms with van der Waals surface area (Å²) in [7, 11) is 0. The molecule has 0 spiro atoms. The first-order chi connectivity index (χ1) is 5.88. The highest BCUT2D eigenvalue weighted by Crippen LogP contribution is 2.60. The molecule has 1 aromatic carbocycles. The third kappa shape index (κ3) is 0.804. The lowest BCUT2D eigenvalue weighted by Gasteiger charge is -2.12. The van der Waals surface area contributed by atoms with Gasteiger partial charge in [-0.3, -0.25) is 0 Å². The van der Waals surface area contributed by atoms with Crippen molar-refractivity contribution in [3.63, 3.8) is 0 Å². The first-order valence-corrected chi connectivity index (χ1v) is 5.58. The molecule has 0 amide bonds. The van der Waals surface area contributed by atoms with Gasteiger partial charge in [0.15, 0.2) is 0 Å². The largest absolute Gasteiger partial charge is 0.126 e. The SMILES string of the molecule is C[C@@H]1C2CSc3ccccc3C21. The summed E-state index contributed by atoms with van der Waals surface area (Å²) in [6.45, 7) is 2.39. The van der Waals surface area contributed by atoms with Crippen molar-refractivity contribution in [2.45, 2.75) is 17.7 Å². The maximum absolute atomic E-state index is 2.39. The van der Waals surface area contributed by atoms with E-state index in [1.165, 1.54) is 10.6 Å². The molecule has 0 aromatic heterocycles. The standard InChI is InChI=1S/C11H12S/c1-7-9-6-12-10-5-3-2-4-8(10)11(7)9/h2-5,7,9,11H,6H2,1H3/t7-,9?,11?/m1/s1. The van der Waals surface area contributed by atoms with Crippen molar-refractivity contribution in [1.29, 1.82) is 0 Å². The van der Waals surface area contributed by atoms with Crippen LogP contribution in [0.15, 0.2) is 29.2 Å². The van der Waals surface area contributed by atoms with Crippen molar-refractivity contribution >= 4 is 11.8 Å². The van der Waals surface area contributed by atoms with E-state index in [-0.39, 0.29) is 0 Å². The number of hydrogen-bond donors (Lipinski definition) is 0. The molecule has 1 fully saturated rings. The Balaban J connectivity index is 2.10. The van der Waals surface area contributed by atoms with Crippen LogP contribution >= 0.6 is 11.8 Å². The van der Waals surface area contributed by atoms with Crippen LogP contribution in [-0.4, -0.2) is 5.75 Å². The van der Waals surface area contributed by atoms with Crippen molar-refractivity contribution in [3.8, 4) is 0 Å². The van der Waals surface area contributed by atoms with Gasteiger partial charge in [-0.15, -0.1) is 11.8 Å². The normalized spacial score (nSPS) is 36.9. The summed E-state index contributed by atoms with van der Waals surface area (Å²) in [6, 6.07) is 8.90. The maximum Gasteiger partial charge on any atom is 0.0107 e. The van der Waals surface area contributed by atoms with E-state index in [0.717, 1.165) is 17.8 Å². The molecule has 1 heteroatoms. The molecule has 0 bridgehead atoms. The number of thioether (sulfide) groups is 1. The third-order valence-corrected chi connectivity index (χ3v) is 4.51. The molecule has 2 unspecified atom stereocenters. The van der Waals surface area contributed by atoms with Crippen LogP contribution in [0.1, 0.15) is 18.4 Å². The van der Waals surface area contributed by atoms with Gasteiger partial charge in [-0.05, 0) is 29.4 Å². The molecule has 62 valence electrons. The van der Waals surface area contributed by atoms with E-state index in [2.05, 4.69) is 31.2 Å². The van der Waals surface area contributed by atoms with Crippen LogP contribution in [-0.2, 0) is 0 Å². The molecule has 0 radical (unpaired) electrons. The highest BCUT2D eigenvalue weighted by Gasteiger charge is 2.50. The number of benzene rings is 1. The summed E-state index contributed by atoms with van der Waals surface area (Å²) < 4.78 is 0. The van der Waals surface area contributed by atoms with E-state index in [1.54, 1.807) is 5.56 Å². The van der Waals surface area contributed by atoms with Gasteiger partial charge < -0.3 is 0 Å². The monoisotopic (exact) mass is 176 g/mol. The average Bonchev–Trinajstić information content (AvgIpc) is 2.78. The van der Waals surface area contributed by atoms with Crippen LogP contribution in [0.3, 0.4) is 0 Å². The Kier molecular flexibility index (Phi) is 1.34. The molecule has 3 rings (SSSR count). The van der Waals surface area contributed by atoms with Crippen LogP contribution < -0.4 is 0 Å². The predicted molar refractivity (Wildman–Crippen MR) is 52.6 cm³/mol. The fourth-order valence-corrected chi connectivity index (χ4v) is 3.82. The van der Waals surface area contributed by atoms with Gasteiger partial charge in [0.1, 0.15) is 0 Å². The smallest absolute Gasteiger partial charge is 0.0107 e. The second kappa shape index (κ2) is 2.29. The fraction of sp³-hybridized carbons (Fsp3) is 0.455. The van der Waals surface area contributed by atoms with Crippen molar-refractivity contribution in [2.24, 2.45) is 11.8 Å². The van der Waals surface area contributed by atoms with Gasteiger partial charge in [0.25, 0.3) is 0 Å². The minimum Gasteiger partial charge on any atom is -0.126 e. The van der Waals surface area contributed by atoms with Gasteiger partial charge in [0.2, 0.25) is 0 Å². The van der Waals surface area contributed by atoms with E-state index >= 15 is 0 Å². The predicted octanol–water partition coefficient (Wildman–Crippen LogP) is 3.14. The molecule has 1 aliphatic heterocycles. The number of fused-ring (bicyclic) bond motifs is 3. The van der Waals surface area contributed by atoms with E-state index in [4.69, 9.17) is 0 Å². The van der Waals surface area contributed by atoms with Gasteiger partial charge in [0, 0.05) is 10.6 Å². The van der Waals surface area contributed by atoms with Gasteiger partial charge in [-0.25, -0.2) is 0 Å². The maximum atomic E-state index is 2.39. The quantitative estimate of drug-likeness (QED) is 0.585. The van der Waals surface area contributed by atoms with Gasteiger partial charge in [-0.2, -0.15) is 0 Å². The fourth-order valence-electron chi connectivity index (χ4n) is 2.39. The first-order valence-electron chi connectivity index (χ1n) is 4.59. The van der Waals surface area contributed by atoms with Crippen LogP contribution in [0.4, 0.5) is 0 Å².